The maximum absolute atomic E-state index is 4.98. The minimum absolute atomic E-state index is 0.0705. The average molecular weight is 280 g/mol. The van der Waals surface area contributed by atoms with Gasteiger partial charge in [0.05, 0.1) is 11.2 Å². The van der Waals surface area contributed by atoms with Gasteiger partial charge in [-0.15, -0.1) is 11.3 Å². The van der Waals surface area contributed by atoms with Crippen LogP contribution in [0.15, 0.2) is 0 Å². The van der Waals surface area contributed by atoms with E-state index in [2.05, 4.69) is 33.0 Å². The summed E-state index contributed by atoms with van der Waals surface area (Å²) in [7, 11) is 0. The van der Waals surface area contributed by atoms with Crippen LogP contribution >= 0.6 is 11.3 Å². The first kappa shape index (κ1) is 15.0. The summed E-state index contributed by atoms with van der Waals surface area (Å²) in [5, 5.41) is 5.01. The summed E-state index contributed by atoms with van der Waals surface area (Å²) in [5.41, 5.74) is 1.46. The number of hydrogen-bond acceptors (Lipinski definition) is 3. The number of fused-ring (bicyclic) bond motifs is 1. The lowest BCUT2D eigenvalue weighted by molar-refractivity contribution is 0.317. The molecule has 0 spiro atoms. The van der Waals surface area contributed by atoms with E-state index in [0.29, 0.717) is 0 Å². The molecule has 0 saturated carbocycles. The summed E-state index contributed by atoms with van der Waals surface area (Å²) in [5.74, 6) is 0.757. The highest BCUT2D eigenvalue weighted by atomic mass is 32.1. The molecule has 0 bridgehead atoms. The van der Waals surface area contributed by atoms with Gasteiger partial charge in [-0.2, -0.15) is 0 Å². The molecule has 1 atom stereocenters. The van der Waals surface area contributed by atoms with E-state index < -0.39 is 0 Å². The third-order valence-electron chi connectivity index (χ3n) is 4.11. The fourth-order valence-electron chi connectivity index (χ4n) is 2.83. The second-order valence-electron chi connectivity index (χ2n) is 6.39. The van der Waals surface area contributed by atoms with Crippen molar-refractivity contribution < 1.29 is 0 Å². The molecule has 0 aliphatic heterocycles. The lowest BCUT2D eigenvalue weighted by Crippen LogP contribution is -2.39. The first-order chi connectivity index (χ1) is 9.05. The zero-order valence-corrected chi connectivity index (χ0v) is 13.7. The fourth-order valence-corrected chi connectivity index (χ4v) is 4.13. The largest absolute Gasteiger partial charge is 0.306 e. The first-order valence-electron chi connectivity index (χ1n) is 7.79. The van der Waals surface area contributed by atoms with Crippen LogP contribution in [0.2, 0.25) is 0 Å². The second-order valence-corrected chi connectivity index (χ2v) is 7.47. The van der Waals surface area contributed by atoms with Crippen LogP contribution in [0.4, 0.5) is 0 Å². The molecule has 1 unspecified atom stereocenters. The van der Waals surface area contributed by atoms with Gasteiger partial charge in [0.2, 0.25) is 0 Å². The summed E-state index contributed by atoms with van der Waals surface area (Å²) in [6.45, 7) is 10.2. The lowest BCUT2D eigenvalue weighted by atomic mass is 9.92. The van der Waals surface area contributed by atoms with Gasteiger partial charge in [-0.1, -0.05) is 20.8 Å². The molecule has 0 saturated heterocycles. The van der Waals surface area contributed by atoms with Crippen LogP contribution in [0.3, 0.4) is 0 Å². The van der Waals surface area contributed by atoms with E-state index in [1.165, 1.54) is 49.2 Å². The molecule has 0 amide bonds. The first-order valence-corrected chi connectivity index (χ1v) is 8.61. The third kappa shape index (κ3) is 3.57. The van der Waals surface area contributed by atoms with Crippen molar-refractivity contribution in [3.05, 3.63) is 15.6 Å². The zero-order chi connectivity index (χ0) is 13.9. The molecule has 0 fully saturated rings. The number of aryl methyl sites for hydroxylation is 2. The summed E-state index contributed by atoms with van der Waals surface area (Å²) >= 11 is 1.96. The number of rotatable bonds is 6. The minimum atomic E-state index is 0.0705. The Labute approximate surface area is 122 Å². The molecule has 1 aromatic rings. The normalized spacial score (nSPS) is 18.4. The number of hydrogen-bond donors (Lipinski definition) is 1. The van der Waals surface area contributed by atoms with E-state index in [9.17, 15) is 0 Å². The van der Waals surface area contributed by atoms with Gasteiger partial charge < -0.3 is 5.32 Å². The van der Waals surface area contributed by atoms with Crippen LogP contribution in [0, 0.1) is 5.92 Å². The average Bonchev–Trinajstić information content (AvgIpc) is 2.81. The highest BCUT2D eigenvalue weighted by Gasteiger charge is 2.30. The molecular weight excluding hydrogens is 252 g/mol. The summed E-state index contributed by atoms with van der Waals surface area (Å²) in [4.78, 5) is 6.53. The van der Waals surface area contributed by atoms with E-state index in [1.807, 2.05) is 11.3 Å². The predicted molar refractivity (Wildman–Crippen MR) is 83.9 cm³/mol. The van der Waals surface area contributed by atoms with Crippen molar-refractivity contribution in [2.45, 2.75) is 71.8 Å². The number of aromatic nitrogens is 1. The van der Waals surface area contributed by atoms with Gasteiger partial charge >= 0.3 is 0 Å². The van der Waals surface area contributed by atoms with Gasteiger partial charge in [0.15, 0.2) is 0 Å². The third-order valence-corrected chi connectivity index (χ3v) is 5.53. The molecular formula is C16H28N2S. The molecule has 108 valence electrons. The maximum Gasteiger partial charge on any atom is 0.113 e. The van der Waals surface area contributed by atoms with Crippen LogP contribution in [0.25, 0.3) is 0 Å². The summed E-state index contributed by atoms with van der Waals surface area (Å²) in [6.07, 6.45) is 7.55. The Hall–Kier alpha value is -0.410. The summed E-state index contributed by atoms with van der Waals surface area (Å²) in [6, 6.07) is 0. The van der Waals surface area contributed by atoms with Gasteiger partial charge in [0.1, 0.15) is 5.01 Å². The van der Waals surface area contributed by atoms with Gasteiger partial charge in [-0.3, -0.25) is 0 Å². The number of thiazole rings is 1. The van der Waals surface area contributed by atoms with Crippen LogP contribution in [0.1, 0.15) is 69.0 Å². The summed E-state index contributed by atoms with van der Waals surface area (Å²) < 4.78 is 0. The van der Waals surface area contributed by atoms with E-state index in [1.54, 1.807) is 4.88 Å². The fraction of sp³-hybridized carbons (Fsp3) is 0.812. The van der Waals surface area contributed by atoms with Crippen molar-refractivity contribution in [3.8, 4) is 0 Å². The van der Waals surface area contributed by atoms with Gasteiger partial charge in [0, 0.05) is 4.88 Å². The van der Waals surface area contributed by atoms with E-state index in [0.717, 1.165) is 12.5 Å². The van der Waals surface area contributed by atoms with Crippen LogP contribution < -0.4 is 5.32 Å². The molecule has 1 aromatic heterocycles. The number of nitrogens with zero attached hydrogens (tertiary/aromatic N) is 1. The van der Waals surface area contributed by atoms with E-state index >= 15 is 0 Å². The highest BCUT2D eigenvalue weighted by molar-refractivity contribution is 7.11. The molecule has 0 aromatic carbocycles. The Kier molecular flexibility index (Phi) is 5.02. The van der Waals surface area contributed by atoms with Crippen molar-refractivity contribution in [2.75, 3.05) is 6.54 Å². The van der Waals surface area contributed by atoms with Crippen molar-refractivity contribution in [3.63, 3.8) is 0 Å². The van der Waals surface area contributed by atoms with E-state index in [4.69, 9.17) is 4.98 Å². The second kappa shape index (κ2) is 6.36. The van der Waals surface area contributed by atoms with Crippen molar-refractivity contribution in [2.24, 2.45) is 5.92 Å². The van der Waals surface area contributed by atoms with Crippen molar-refractivity contribution >= 4 is 11.3 Å². The van der Waals surface area contributed by atoms with E-state index in [-0.39, 0.29) is 5.54 Å². The Balaban J connectivity index is 2.19. The molecule has 1 aliphatic carbocycles. The van der Waals surface area contributed by atoms with Crippen LogP contribution in [-0.4, -0.2) is 11.5 Å². The Morgan fingerprint density at radius 2 is 2.05 bits per heavy atom. The molecule has 1 N–H and O–H groups in total. The smallest absolute Gasteiger partial charge is 0.113 e. The van der Waals surface area contributed by atoms with Gasteiger partial charge in [-0.05, 0) is 57.9 Å². The quantitative estimate of drug-likeness (QED) is 0.841. The predicted octanol–water partition coefficient (Wildman–Crippen LogP) is 4.28. The Morgan fingerprint density at radius 1 is 1.32 bits per heavy atom. The maximum atomic E-state index is 4.98. The SMILES string of the molecule is CCNC(C)(CCC(C)C)c1nc2c(s1)CCCC2. The lowest BCUT2D eigenvalue weighted by Gasteiger charge is -2.29. The monoisotopic (exact) mass is 280 g/mol. The van der Waals surface area contributed by atoms with Crippen LogP contribution in [-0.2, 0) is 18.4 Å². The molecule has 3 heteroatoms. The standard InChI is InChI=1S/C16H28N2S/c1-5-17-16(4,11-10-12(2)3)15-18-13-8-6-7-9-14(13)19-15/h12,17H,5-11H2,1-4H3. The van der Waals surface area contributed by atoms with Crippen LogP contribution in [0.5, 0.6) is 0 Å². The molecule has 2 nitrogen and oxygen atoms in total. The van der Waals surface area contributed by atoms with Gasteiger partial charge in [0.25, 0.3) is 0 Å². The highest BCUT2D eigenvalue weighted by Crippen LogP contribution is 2.35. The minimum Gasteiger partial charge on any atom is -0.306 e. The number of nitrogens with one attached hydrogen (secondary N) is 1. The Morgan fingerprint density at radius 3 is 2.68 bits per heavy atom. The molecule has 0 radical (unpaired) electrons. The molecule has 1 heterocycles. The Bertz CT molecular complexity index is 387. The zero-order valence-electron chi connectivity index (χ0n) is 12.9. The molecule has 19 heavy (non-hydrogen) atoms. The molecule has 1 aliphatic rings. The topological polar surface area (TPSA) is 24.9 Å². The van der Waals surface area contributed by atoms with Crippen molar-refractivity contribution in [1.82, 2.24) is 10.3 Å². The molecule has 2 rings (SSSR count). The van der Waals surface area contributed by atoms with Crippen molar-refractivity contribution in [1.29, 1.82) is 0 Å². The van der Waals surface area contributed by atoms with Gasteiger partial charge in [-0.25, -0.2) is 4.98 Å².